The number of anilines is 1. The van der Waals surface area contributed by atoms with Gasteiger partial charge in [0.15, 0.2) is 0 Å². The number of rotatable bonds is 8. The number of hydrogen-bond acceptors (Lipinski definition) is 5. The average molecular weight is 439 g/mol. The molecule has 8 heteroatoms. The van der Waals surface area contributed by atoms with Crippen LogP contribution in [0.3, 0.4) is 0 Å². The Bertz CT molecular complexity index is 945. The smallest absolute Gasteiger partial charge is 0.313 e. The number of hydrogen-bond donors (Lipinski definition) is 3. The van der Waals surface area contributed by atoms with Crippen LogP contribution in [0.2, 0.25) is 0 Å². The van der Waals surface area contributed by atoms with Crippen molar-refractivity contribution in [1.29, 1.82) is 0 Å². The molecule has 3 N–H and O–H groups in total. The van der Waals surface area contributed by atoms with E-state index in [1.165, 1.54) is 0 Å². The number of carbonyl (C=O) groups excluding carboxylic acids is 3. The van der Waals surface area contributed by atoms with E-state index in [-0.39, 0.29) is 23.2 Å². The molecule has 0 spiro atoms. The summed E-state index contributed by atoms with van der Waals surface area (Å²) in [4.78, 5) is 39.7. The maximum absolute atomic E-state index is 12.7. The maximum atomic E-state index is 12.7. The molecule has 2 aromatic carbocycles. The second-order valence-corrected chi connectivity index (χ2v) is 7.67. The van der Waals surface area contributed by atoms with Crippen molar-refractivity contribution in [2.24, 2.45) is 0 Å². The van der Waals surface area contributed by atoms with Crippen molar-refractivity contribution in [1.82, 2.24) is 15.5 Å². The number of nitrogens with zero attached hydrogens (tertiary/aromatic N) is 1. The van der Waals surface area contributed by atoms with Gasteiger partial charge in [-0.2, -0.15) is 0 Å². The summed E-state index contributed by atoms with van der Waals surface area (Å²) in [5, 5.41) is 8.11. The molecule has 0 radical (unpaired) electrons. The normalized spacial score (nSPS) is 15.8. The molecule has 0 aliphatic carbocycles. The fourth-order valence-electron chi connectivity index (χ4n) is 3.82. The third-order valence-electron chi connectivity index (χ3n) is 5.64. The predicted molar refractivity (Wildman–Crippen MR) is 123 cm³/mol. The number of likely N-dealkylation sites (tertiary alicyclic amines) is 1. The first kappa shape index (κ1) is 23.3. The number of nitrogens with one attached hydrogen (secondary N) is 3. The largest absolute Gasteiger partial charge is 0.497 e. The number of methoxy groups -OCH3 is 1. The first-order valence-corrected chi connectivity index (χ1v) is 10.8. The van der Waals surface area contributed by atoms with Gasteiger partial charge in [0.1, 0.15) is 5.75 Å². The van der Waals surface area contributed by atoms with Gasteiger partial charge in [-0.1, -0.05) is 31.2 Å². The number of para-hydroxylation sites is 1. The highest BCUT2D eigenvalue weighted by Crippen LogP contribution is 2.17. The SMILES string of the molecule is CCN1CCC[C@@H]1CNC(=O)C(=O)Nc1ccccc1C(=O)NCc1ccc(OC)cc1. The minimum absolute atomic E-state index is 0.257. The van der Waals surface area contributed by atoms with Crippen molar-refractivity contribution < 1.29 is 19.1 Å². The van der Waals surface area contributed by atoms with Crippen LogP contribution in [0.4, 0.5) is 5.69 Å². The Hall–Kier alpha value is -3.39. The summed E-state index contributed by atoms with van der Waals surface area (Å²) in [5.41, 5.74) is 1.49. The lowest BCUT2D eigenvalue weighted by Crippen LogP contribution is -2.43. The molecular weight excluding hydrogens is 408 g/mol. The fourth-order valence-corrected chi connectivity index (χ4v) is 3.82. The molecule has 1 atom stereocenters. The molecule has 32 heavy (non-hydrogen) atoms. The summed E-state index contributed by atoms with van der Waals surface area (Å²) in [6, 6.07) is 14.2. The van der Waals surface area contributed by atoms with Gasteiger partial charge in [-0.15, -0.1) is 0 Å². The summed E-state index contributed by atoms with van der Waals surface area (Å²) >= 11 is 0. The Labute approximate surface area is 188 Å². The van der Waals surface area contributed by atoms with E-state index in [1.807, 2.05) is 24.3 Å². The molecular formula is C24H30N4O4. The molecule has 1 fully saturated rings. The number of benzene rings is 2. The van der Waals surface area contributed by atoms with Crippen molar-refractivity contribution in [2.45, 2.75) is 32.4 Å². The summed E-state index contributed by atoms with van der Waals surface area (Å²) in [7, 11) is 1.59. The molecule has 0 saturated carbocycles. The van der Waals surface area contributed by atoms with Gasteiger partial charge in [0.25, 0.3) is 5.91 Å². The van der Waals surface area contributed by atoms with E-state index in [2.05, 4.69) is 27.8 Å². The van der Waals surface area contributed by atoms with Gasteiger partial charge in [-0.25, -0.2) is 0 Å². The van der Waals surface area contributed by atoms with E-state index in [1.54, 1.807) is 31.4 Å². The average Bonchev–Trinajstić information content (AvgIpc) is 3.29. The Balaban J connectivity index is 1.55. The number of carbonyl (C=O) groups is 3. The highest BCUT2D eigenvalue weighted by molar-refractivity contribution is 6.40. The van der Waals surface area contributed by atoms with Gasteiger partial charge in [0.05, 0.1) is 18.4 Å². The van der Waals surface area contributed by atoms with Gasteiger partial charge in [0.2, 0.25) is 0 Å². The van der Waals surface area contributed by atoms with Crippen LogP contribution in [0, 0.1) is 0 Å². The van der Waals surface area contributed by atoms with E-state index in [4.69, 9.17) is 4.74 Å². The van der Waals surface area contributed by atoms with E-state index >= 15 is 0 Å². The van der Waals surface area contributed by atoms with Crippen molar-refractivity contribution in [3.05, 3.63) is 59.7 Å². The first-order chi connectivity index (χ1) is 15.5. The van der Waals surface area contributed by atoms with Gasteiger partial charge in [-0.3, -0.25) is 19.3 Å². The van der Waals surface area contributed by atoms with Crippen molar-refractivity contribution in [3.8, 4) is 5.75 Å². The maximum Gasteiger partial charge on any atom is 0.313 e. The third-order valence-corrected chi connectivity index (χ3v) is 5.64. The zero-order valence-electron chi connectivity index (χ0n) is 18.5. The van der Waals surface area contributed by atoms with Crippen LogP contribution < -0.4 is 20.7 Å². The number of ether oxygens (including phenoxy) is 1. The quantitative estimate of drug-likeness (QED) is 0.549. The van der Waals surface area contributed by atoms with Crippen molar-refractivity contribution >= 4 is 23.4 Å². The van der Waals surface area contributed by atoms with Gasteiger partial charge < -0.3 is 20.7 Å². The van der Waals surface area contributed by atoms with Gasteiger partial charge >= 0.3 is 11.8 Å². The van der Waals surface area contributed by atoms with Crippen LogP contribution >= 0.6 is 0 Å². The summed E-state index contributed by atoms with van der Waals surface area (Å²) in [5.74, 6) is -1.11. The molecule has 8 nitrogen and oxygen atoms in total. The molecule has 0 aromatic heterocycles. The molecule has 3 rings (SSSR count). The second-order valence-electron chi connectivity index (χ2n) is 7.67. The zero-order valence-corrected chi connectivity index (χ0v) is 18.5. The van der Waals surface area contributed by atoms with E-state index < -0.39 is 11.8 Å². The van der Waals surface area contributed by atoms with E-state index in [0.29, 0.717) is 13.1 Å². The Morgan fingerprint density at radius 1 is 1.03 bits per heavy atom. The van der Waals surface area contributed by atoms with Crippen LogP contribution in [-0.4, -0.2) is 55.4 Å². The lowest BCUT2D eigenvalue weighted by molar-refractivity contribution is -0.136. The minimum Gasteiger partial charge on any atom is -0.497 e. The number of amides is 3. The standard InChI is InChI=1S/C24H30N4O4/c1-3-28-14-6-7-18(28)16-26-23(30)24(31)27-21-9-5-4-8-20(21)22(29)25-15-17-10-12-19(32-2)13-11-17/h4-5,8-13,18H,3,6-7,14-16H2,1-2H3,(H,25,29)(H,26,30)(H,27,31)/t18-/m1/s1. The summed E-state index contributed by atoms with van der Waals surface area (Å²) in [6.45, 7) is 4.78. The van der Waals surface area contributed by atoms with Gasteiger partial charge in [-0.05, 0) is 55.8 Å². The van der Waals surface area contributed by atoms with Gasteiger partial charge in [0, 0.05) is 19.1 Å². The second kappa shape index (κ2) is 11.3. The topological polar surface area (TPSA) is 99.8 Å². The molecule has 2 aromatic rings. The molecule has 0 bridgehead atoms. The lowest BCUT2D eigenvalue weighted by Gasteiger charge is -2.22. The Morgan fingerprint density at radius 3 is 2.50 bits per heavy atom. The van der Waals surface area contributed by atoms with Crippen molar-refractivity contribution in [2.75, 3.05) is 32.1 Å². The van der Waals surface area contributed by atoms with E-state index in [0.717, 1.165) is 37.2 Å². The van der Waals surface area contributed by atoms with Crippen LogP contribution in [0.25, 0.3) is 0 Å². The minimum atomic E-state index is -0.790. The molecule has 1 saturated heterocycles. The summed E-state index contributed by atoms with van der Waals surface area (Å²) in [6.07, 6.45) is 2.10. The van der Waals surface area contributed by atoms with Crippen LogP contribution in [-0.2, 0) is 16.1 Å². The highest BCUT2D eigenvalue weighted by Gasteiger charge is 2.25. The molecule has 1 aliphatic rings. The Kier molecular flexibility index (Phi) is 8.21. The lowest BCUT2D eigenvalue weighted by atomic mass is 10.1. The Morgan fingerprint density at radius 2 is 1.78 bits per heavy atom. The molecule has 0 unspecified atom stereocenters. The fraction of sp³-hybridized carbons (Fsp3) is 0.375. The van der Waals surface area contributed by atoms with Crippen molar-refractivity contribution in [3.63, 3.8) is 0 Å². The molecule has 3 amide bonds. The highest BCUT2D eigenvalue weighted by atomic mass is 16.5. The summed E-state index contributed by atoms with van der Waals surface area (Å²) < 4.78 is 5.13. The first-order valence-electron chi connectivity index (χ1n) is 10.8. The predicted octanol–water partition coefficient (Wildman–Crippen LogP) is 2.16. The van der Waals surface area contributed by atoms with E-state index in [9.17, 15) is 14.4 Å². The third kappa shape index (κ3) is 6.07. The zero-order chi connectivity index (χ0) is 22.9. The van der Waals surface area contributed by atoms with Crippen LogP contribution in [0.5, 0.6) is 5.75 Å². The molecule has 1 heterocycles. The molecule has 170 valence electrons. The van der Waals surface area contributed by atoms with Crippen LogP contribution in [0.15, 0.2) is 48.5 Å². The van der Waals surface area contributed by atoms with Crippen LogP contribution in [0.1, 0.15) is 35.7 Å². The number of likely N-dealkylation sites (N-methyl/N-ethyl adjacent to an activating group) is 1. The molecule has 1 aliphatic heterocycles. The monoisotopic (exact) mass is 438 g/mol.